The minimum atomic E-state index is -0.581. The number of phenolic OH excluding ortho intramolecular Hbond substituents is 1. The Balaban J connectivity index is 1.91. The molecule has 0 aliphatic carbocycles. The van der Waals surface area contributed by atoms with Crippen LogP contribution in [-0.4, -0.2) is 22.8 Å². The highest BCUT2D eigenvalue weighted by Crippen LogP contribution is 2.28. The molecule has 0 saturated carbocycles. The minimum Gasteiger partial charge on any atom is -0.502 e. The van der Waals surface area contributed by atoms with Crippen LogP contribution in [0.4, 0.5) is 5.69 Å². The lowest BCUT2D eigenvalue weighted by Gasteiger charge is -2.03. The molecule has 0 unspecified atom stereocenters. The summed E-state index contributed by atoms with van der Waals surface area (Å²) in [5.74, 6) is -0.307. The van der Waals surface area contributed by atoms with E-state index in [2.05, 4.69) is 11.9 Å². The molecule has 5 heteroatoms. The summed E-state index contributed by atoms with van der Waals surface area (Å²) >= 11 is 0. The molecule has 0 amide bonds. The molecule has 0 atom stereocenters. The number of phenols is 1. The topological polar surface area (TPSA) is 75.7 Å². The molecule has 0 heterocycles. The molecule has 5 nitrogen and oxygen atoms in total. The third-order valence-corrected chi connectivity index (χ3v) is 5.61. The van der Waals surface area contributed by atoms with Gasteiger partial charge in [-0.2, -0.15) is 0 Å². The van der Waals surface area contributed by atoms with E-state index in [4.69, 9.17) is 0 Å². The van der Waals surface area contributed by atoms with Gasteiger partial charge in [0.25, 0.3) is 0 Å². The number of hydrogen-bond acceptors (Lipinski definition) is 4. The zero-order valence-electron chi connectivity index (χ0n) is 19.0. The molecule has 0 bridgehead atoms. The Labute approximate surface area is 183 Å². The summed E-state index contributed by atoms with van der Waals surface area (Å²) in [4.78, 5) is 14.5. The van der Waals surface area contributed by atoms with E-state index in [1.807, 2.05) is 0 Å². The first-order chi connectivity index (χ1) is 14.7. The fourth-order valence-corrected chi connectivity index (χ4v) is 3.71. The zero-order valence-corrected chi connectivity index (χ0v) is 19.0. The number of para-hydroxylation sites is 1. The fraction of sp³-hybridized carbons (Fsp3) is 0.720. The zero-order chi connectivity index (χ0) is 21.9. The highest BCUT2D eigenvalue weighted by molar-refractivity contribution is 5.85. The average Bonchev–Trinajstić information content (AvgIpc) is 2.73. The minimum absolute atomic E-state index is 0.277. The predicted octanol–water partition coefficient (Wildman–Crippen LogP) is 7.98. The largest absolute Gasteiger partial charge is 0.502 e. The van der Waals surface area contributed by atoms with Crippen molar-refractivity contribution in [3.63, 3.8) is 0 Å². The Morgan fingerprint density at radius 3 is 1.77 bits per heavy atom. The molecule has 0 spiro atoms. The fourth-order valence-electron chi connectivity index (χ4n) is 3.71. The molecule has 1 aromatic carbocycles. The van der Waals surface area contributed by atoms with Gasteiger partial charge in [-0.1, -0.05) is 109 Å². The molecule has 0 aliphatic heterocycles. The number of benzene rings is 1. The van der Waals surface area contributed by atoms with Gasteiger partial charge in [0.2, 0.25) is 5.75 Å². The smallest absolute Gasteiger partial charge is 0.311 e. The molecule has 0 radical (unpaired) electrons. The third-order valence-electron chi connectivity index (χ3n) is 5.61. The molecule has 1 aromatic rings. The maximum atomic E-state index is 10.8. The van der Waals surface area contributed by atoms with Crippen LogP contribution in [0.5, 0.6) is 5.75 Å². The lowest BCUT2D eigenvalue weighted by Crippen LogP contribution is -1.92. The number of nitro benzene ring substituents is 1. The SMILES string of the molecule is CCCCCCCCCCCCCCCCCCN=Cc1cccc([N+](=O)[O-])c1O. The van der Waals surface area contributed by atoms with Gasteiger partial charge in [0.1, 0.15) is 0 Å². The first kappa shape index (κ1) is 26.1. The van der Waals surface area contributed by atoms with Crippen molar-refractivity contribution in [3.05, 3.63) is 33.9 Å². The second-order valence-corrected chi connectivity index (χ2v) is 8.31. The molecule has 0 aromatic heterocycles. The van der Waals surface area contributed by atoms with Crippen molar-refractivity contribution in [1.82, 2.24) is 0 Å². The van der Waals surface area contributed by atoms with Crippen LogP contribution in [0.25, 0.3) is 0 Å². The van der Waals surface area contributed by atoms with E-state index in [1.165, 1.54) is 102 Å². The molecular formula is C25H42N2O3. The molecule has 170 valence electrons. The third kappa shape index (κ3) is 12.6. The molecule has 1 N–H and O–H groups in total. The summed E-state index contributed by atoms with van der Waals surface area (Å²) in [5.41, 5.74) is 0.127. The van der Waals surface area contributed by atoms with Crippen LogP contribution < -0.4 is 0 Å². The number of nitro groups is 1. The van der Waals surface area contributed by atoms with E-state index in [1.54, 1.807) is 12.1 Å². The molecule has 0 saturated heterocycles. The number of nitrogens with zero attached hydrogens (tertiary/aromatic N) is 2. The van der Waals surface area contributed by atoms with Crippen molar-refractivity contribution in [1.29, 1.82) is 0 Å². The number of aromatic hydroxyl groups is 1. The Morgan fingerprint density at radius 1 is 0.833 bits per heavy atom. The van der Waals surface area contributed by atoms with Crippen LogP contribution in [0.3, 0.4) is 0 Å². The van der Waals surface area contributed by atoms with E-state index in [0.717, 1.165) is 12.8 Å². The van der Waals surface area contributed by atoms with Crippen LogP contribution in [0.1, 0.15) is 115 Å². The highest BCUT2D eigenvalue weighted by atomic mass is 16.6. The molecule has 0 aliphatic rings. The Kier molecular flexibility index (Phi) is 15.6. The van der Waals surface area contributed by atoms with Crippen molar-refractivity contribution in [3.8, 4) is 5.75 Å². The van der Waals surface area contributed by atoms with Gasteiger partial charge in [0, 0.05) is 24.4 Å². The lowest BCUT2D eigenvalue weighted by molar-refractivity contribution is -0.385. The van der Waals surface area contributed by atoms with E-state index < -0.39 is 4.92 Å². The number of aliphatic imine (C=N–C) groups is 1. The Bertz CT molecular complexity index is 602. The van der Waals surface area contributed by atoms with Gasteiger partial charge < -0.3 is 5.11 Å². The summed E-state index contributed by atoms with van der Waals surface area (Å²) in [6.45, 7) is 2.97. The van der Waals surface area contributed by atoms with E-state index in [0.29, 0.717) is 12.1 Å². The second kappa shape index (κ2) is 17.9. The van der Waals surface area contributed by atoms with Crippen molar-refractivity contribution in [2.75, 3.05) is 6.54 Å². The van der Waals surface area contributed by atoms with Gasteiger partial charge in [-0.05, 0) is 12.5 Å². The quantitative estimate of drug-likeness (QED) is 0.107. The van der Waals surface area contributed by atoms with Gasteiger partial charge in [0.15, 0.2) is 0 Å². The Hall–Kier alpha value is -1.91. The maximum absolute atomic E-state index is 10.8. The standard InChI is InChI=1S/C25H42N2O3/c1-2-3-4-5-6-7-8-9-10-11-12-13-14-15-16-17-21-26-22-23-19-18-20-24(25(23)28)27(29)30/h18-20,22,28H,2-17,21H2,1H3. The predicted molar refractivity (Wildman–Crippen MR) is 127 cm³/mol. The summed E-state index contributed by atoms with van der Waals surface area (Å²) in [7, 11) is 0. The number of hydrogen-bond donors (Lipinski definition) is 1. The maximum Gasteiger partial charge on any atom is 0.311 e. The van der Waals surface area contributed by atoms with Gasteiger partial charge >= 0.3 is 5.69 Å². The van der Waals surface area contributed by atoms with Crippen LogP contribution >= 0.6 is 0 Å². The summed E-state index contributed by atoms with van der Waals surface area (Å²) in [6.07, 6.45) is 23.0. The molecule has 0 fully saturated rings. The van der Waals surface area contributed by atoms with E-state index in [-0.39, 0.29) is 11.4 Å². The first-order valence-corrected chi connectivity index (χ1v) is 12.1. The lowest BCUT2D eigenvalue weighted by atomic mass is 10.0. The average molecular weight is 419 g/mol. The van der Waals surface area contributed by atoms with Gasteiger partial charge in [0.05, 0.1) is 4.92 Å². The van der Waals surface area contributed by atoms with Gasteiger partial charge in [-0.15, -0.1) is 0 Å². The summed E-state index contributed by atoms with van der Waals surface area (Å²) in [5, 5.41) is 20.7. The van der Waals surface area contributed by atoms with E-state index in [9.17, 15) is 15.2 Å². The van der Waals surface area contributed by atoms with Gasteiger partial charge in [-0.3, -0.25) is 15.1 Å². The van der Waals surface area contributed by atoms with Gasteiger partial charge in [-0.25, -0.2) is 0 Å². The van der Waals surface area contributed by atoms with Crippen LogP contribution in [0.15, 0.2) is 23.2 Å². The normalized spacial score (nSPS) is 11.4. The van der Waals surface area contributed by atoms with Crippen molar-refractivity contribution in [2.24, 2.45) is 4.99 Å². The van der Waals surface area contributed by atoms with Crippen LogP contribution in [0.2, 0.25) is 0 Å². The van der Waals surface area contributed by atoms with E-state index >= 15 is 0 Å². The molecular weight excluding hydrogens is 376 g/mol. The van der Waals surface area contributed by atoms with Crippen LogP contribution in [0, 0.1) is 10.1 Å². The Morgan fingerprint density at radius 2 is 1.30 bits per heavy atom. The van der Waals surface area contributed by atoms with Crippen molar-refractivity contribution >= 4 is 11.9 Å². The monoisotopic (exact) mass is 418 g/mol. The molecule has 1 rings (SSSR count). The highest BCUT2D eigenvalue weighted by Gasteiger charge is 2.14. The number of rotatable bonds is 19. The number of unbranched alkanes of at least 4 members (excludes halogenated alkanes) is 15. The summed E-state index contributed by atoms with van der Waals surface area (Å²) < 4.78 is 0. The summed E-state index contributed by atoms with van der Waals surface area (Å²) in [6, 6.07) is 4.50. The first-order valence-electron chi connectivity index (χ1n) is 12.1. The van der Waals surface area contributed by atoms with Crippen molar-refractivity contribution < 1.29 is 10.0 Å². The second-order valence-electron chi connectivity index (χ2n) is 8.31. The van der Waals surface area contributed by atoms with Crippen LogP contribution in [-0.2, 0) is 0 Å². The molecule has 30 heavy (non-hydrogen) atoms. The van der Waals surface area contributed by atoms with Crippen molar-refractivity contribution in [2.45, 2.75) is 110 Å².